The van der Waals surface area contributed by atoms with Crippen molar-refractivity contribution >= 4 is 17.2 Å². The molecular formula is C15H16N2O2S. The minimum atomic E-state index is -0.107. The summed E-state index contributed by atoms with van der Waals surface area (Å²) in [7, 11) is 0. The molecule has 1 aliphatic carbocycles. The van der Waals surface area contributed by atoms with E-state index in [0.717, 1.165) is 23.4 Å². The summed E-state index contributed by atoms with van der Waals surface area (Å²) in [6, 6.07) is 9.81. The zero-order valence-electron chi connectivity index (χ0n) is 11.0. The molecule has 1 saturated carbocycles. The number of hydrogen-bond acceptors (Lipinski definition) is 4. The maximum absolute atomic E-state index is 12.1. The van der Waals surface area contributed by atoms with Gasteiger partial charge in [-0.1, -0.05) is 30.3 Å². The quantitative estimate of drug-likeness (QED) is 0.887. The first-order chi connectivity index (χ1) is 9.72. The van der Waals surface area contributed by atoms with E-state index < -0.39 is 0 Å². The molecule has 4 nitrogen and oxygen atoms in total. The van der Waals surface area contributed by atoms with Crippen LogP contribution in [0.25, 0.3) is 10.6 Å². The number of carbonyl (C=O) groups excluding carboxylic acids is 1. The molecule has 1 aliphatic rings. The molecule has 2 aromatic rings. The van der Waals surface area contributed by atoms with E-state index in [-0.39, 0.29) is 17.9 Å². The van der Waals surface area contributed by atoms with Crippen LogP contribution in [0.15, 0.2) is 36.5 Å². The van der Waals surface area contributed by atoms with E-state index in [4.69, 9.17) is 0 Å². The molecule has 1 heterocycles. The predicted molar refractivity (Wildman–Crippen MR) is 78.6 cm³/mol. The Kier molecular flexibility index (Phi) is 3.54. The van der Waals surface area contributed by atoms with Gasteiger partial charge in [-0.05, 0) is 12.8 Å². The molecule has 1 amide bonds. The fourth-order valence-electron chi connectivity index (χ4n) is 2.02. The molecule has 1 fully saturated rings. The largest absolute Gasteiger partial charge is 0.396 e. The third-order valence-corrected chi connectivity index (χ3v) is 4.71. The normalized spacial score (nSPS) is 15.8. The van der Waals surface area contributed by atoms with Crippen LogP contribution in [0.2, 0.25) is 0 Å². The molecule has 5 heteroatoms. The van der Waals surface area contributed by atoms with Gasteiger partial charge in [0.05, 0.1) is 12.8 Å². The van der Waals surface area contributed by atoms with E-state index in [0.29, 0.717) is 11.4 Å². The summed E-state index contributed by atoms with van der Waals surface area (Å²) in [5.74, 6) is -0.107. The molecule has 1 aromatic heterocycles. The Morgan fingerprint density at radius 1 is 1.35 bits per heavy atom. The molecule has 20 heavy (non-hydrogen) atoms. The SMILES string of the molecule is O=C(NCC1(CO)CC1)c1cnc(-c2ccccc2)s1. The van der Waals surface area contributed by atoms with Gasteiger partial charge in [0.1, 0.15) is 9.88 Å². The molecule has 0 bridgehead atoms. The Balaban J connectivity index is 1.66. The average Bonchev–Trinajstić information content (AvgIpc) is 3.12. The third kappa shape index (κ3) is 2.73. The van der Waals surface area contributed by atoms with Gasteiger partial charge in [-0.15, -0.1) is 11.3 Å². The number of aliphatic hydroxyl groups is 1. The summed E-state index contributed by atoms with van der Waals surface area (Å²) >= 11 is 1.39. The highest BCUT2D eigenvalue weighted by Crippen LogP contribution is 2.44. The second-order valence-electron chi connectivity index (χ2n) is 5.24. The number of nitrogens with one attached hydrogen (secondary N) is 1. The minimum absolute atomic E-state index is 0.0669. The van der Waals surface area contributed by atoms with E-state index in [1.54, 1.807) is 6.20 Å². The standard InChI is InChI=1S/C15H16N2O2S/c18-10-15(6-7-15)9-17-13(19)12-8-16-14(20-12)11-4-2-1-3-5-11/h1-5,8,18H,6-7,9-10H2,(H,17,19). The van der Waals surface area contributed by atoms with Crippen molar-refractivity contribution in [2.45, 2.75) is 12.8 Å². The van der Waals surface area contributed by atoms with E-state index in [2.05, 4.69) is 10.3 Å². The van der Waals surface area contributed by atoms with E-state index in [1.165, 1.54) is 11.3 Å². The summed E-state index contributed by atoms with van der Waals surface area (Å²) in [4.78, 5) is 17.0. The number of aliphatic hydroxyl groups excluding tert-OH is 1. The van der Waals surface area contributed by atoms with Crippen LogP contribution in [0.3, 0.4) is 0 Å². The Morgan fingerprint density at radius 2 is 2.10 bits per heavy atom. The molecule has 0 saturated heterocycles. The smallest absolute Gasteiger partial charge is 0.263 e. The van der Waals surface area contributed by atoms with E-state index in [1.807, 2.05) is 30.3 Å². The molecule has 1 aromatic carbocycles. The number of thiazole rings is 1. The monoisotopic (exact) mass is 288 g/mol. The van der Waals surface area contributed by atoms with Crippen LogP contribution in [0.4, 0.5) is 0 Å². The molecule has 3 rings (SSSR count). The second kappa shape index (κ2) is 5.34. The van der Waals surface area contributed by atoms with Crippen molar-refractivity contribution in [1.29, 1.82) is 0 Å². The summed E-state index contributed by atoms with van der Waals surface area (Å²) < 4.78 is 0. The number of benzene rings is 1. The summed E-state index contributed by atoms with van der Waals surface area (Å²) in [6.45, 7) is 0.687. The van der Waals surface area contributed by atoms with Gasteiger partial charge in [0.15, 0.2) is 0 Å². The molecule has 104 valence electrons. The van der Waals surface area contributed by atoms with Gasteiger partial charge in [-0.25, -0.2) is 4.98 Å². The summed E-state index contributed by atoms with van der Waals surface area (Å²) in [5.41, 5.74) is 0.952. The van der Waals surface area contributed by atoms with Crippen LogP contribution >= 0.6 is 11.3 Å². The lowest BCUT2D eigenvalue weighted by atomic mass is 10.1. The van der Waals surface area contributed by atoms with Crippen molar-refractivity contribution in [3.63, 3.8) is 0 Å². The first-order valence-electron chi connectivity index (χ1n) is 6.63. The fourth-order valence-corrected chi connectivity index (χ4v) is 2.85. The maximum Gasteiger partial charge on any atom is 0.263 e. The second-order valence-corrected chi connectivity index (χ2v) is 6.27. The number of carbonyl (C=O) groups is 1. The number of aromatic nitrogens is 1. The predicted octanol–water partition coefficient (Wildman–Crippen LogP) is 2.31. The third-order valence-electron chi connectivity index (χ3n) is 3.67. The van der Waals surface area contributed by atoms with Crippen LogP contribution in [0, 0.1) is 5.41 Å². The lowest BCUT2D eigenvalue weighted by Crippen LogP contribution is -2.31. The van der Waals surface area contributed by atoms with Gasteiger partial charge in [-0.3, -0.25) is 4.79 Å². The van der Waals surface area contributed by atoms with E-state index in [9.17, 15) is 9.90 Å². The summed E-state index contributed by atoms with van der Waals surface area (Å²) in [6.07, 6.45) is 3.59. The van der Waals surface area contributed by atoms with Gasteiger partial charge in [0.2, 0.25) is 0 Å². The lowest BCUT2D eigenvalue weighted by molar-refractivity contribution is 0.0939. The average molecular weight is 288 g/mol. The first kappa shape index (κ1) is 13.3. The number of hydrogen-bond donors (Lipinski definition) is 2. The molecule has 2 N–H and O–H groups in total. The summed E-state index contributed by atoms with van der Waals surface area (Å²) in [5, 5.41) is 13.0. The molecular weight excluding hydrogens is 272 g/mol. The van der Waals surface area contributed by atoms with Crippen molar-refractivity contribution in [1.82, 2.24) is 10.3 Å². The molecule has 0 spiro atoms. The van der Waals surface area contributed by atoms with Crippen LogP contribution < -0.4 is 5.32 Å². The zero-order valence-corrected chi connectivity index (χ0v) is 11.8. The van der Waals surface area contributed by atoms with Gasteiger partial charge < -0.3 is 10.4 Å². The molecule has 0 atom stereocenters. The van der Waals surface area contributed by atoms with Gasteiger partial charge in [0.25, 0.3) is 5.91 Å². The van der Waals surface area contributed by atoms with Crippen LogP contribution in [0.5, 0.6) is 0 Å². The van der Waals surface area contributed by atoms with Crippen molar-refractivity contribution in [3.05, 3.63) is 41.4 Å². The van der Waals surface area contributed by atoms with Crippen LogP contribution in [0.1, 0.15) is 22.5 Å². The van der Waals surface area contributed by atoms with Crippen LogP contribution in [-0.2, 0) is 0 Å². The Morgan fingerprint density at radius 3 is 2.75 bits per heavy atom. The highest BCUT2D eigenvalue weighted by atomic mass is 32.1. The van der Waals surface area contributed by atoms with Crippen molar-refractivity contribution in [2.24, 2.45) is 5.41 Å². The van der Waals surface area contributed by atoms with Crippen molar-refractivity contribution < 1.29 is 9.90 Å². The lowest BCUT2D eigenvalue weighted by Gasteiger charge is -2.11. The fraction of sp³-hybridized carbons (Fsp3) is 0.333. The Bertz CT molecular complexity index is 605. The van der Waals surface area contributed by atoms with E-state index >= 15 is 0 Å². The maximum atomic E-state index is 12.1. The van der Waals surface area contributed by atoms with Gasteiger partial charge in [0, 0.05) is 17.5 Å². The first-order valence-corrected chi connectivity index (χ1v) is 7.44. The van der Waals surface area contributed by atoms with Gasteiger partial charge >= 0.3 is 0 Å². The molecule has 0 aliphatic heterocycles. The number of nitrogens with zero attached hydrogens (tertiary/aromatic N) is 1. The highest BCUT2D eigenvalue weighted by molar-refractivity contribution is 7.16. The highest BCUT2D eigenvalue weighted by Gasteiger charge is 2.42. The van der Waals surface area contributed by atoms with Crippen molar-refractivity contribution in [3.8, 4) is 10.6 Å². The number of rotatable bonds is 5. The molecule has 0 unspecified atom stereocenters. The number of amides is 1. The Labute approximate surface area is 121 Å². The van der Waals surface area contributed by atoms with Crippen LogP contribution in [-0.4, -0.2) is 29.1 Å². The van der Waals surface area contributed by atoms with Crippen molar-refractivity contribution in [2.75, 3.05) is 13.2 Å². The molecule has 0 radical (unpaired) electrons. The topological polar surface area (TPSA) is 62.2 Å². The Hall–Kier alpha value is -1.72. The minimum Gasteiger partial charge on any atom is -0.396 e. The zero-order chi connectivity index (χ0) is 14.0. The van der Waals surface area contributed by atoms with Gasteiger partial charge in [-0.2, -0.15) is 0 Å².